The molecule has 0 saturated heterocycles. The van der Waals surface area contributed by atoms with Gasteiger partial charge < -0.3 is 9.26 Å². The van der Waals surface area contributed by atoms with Gasteiger partial charge in [0.25, 0.3) is 5.91 Å². The highest BCUT2D eigenvalue weighted by atomic mass is 35.5. The van der Waals surface area contributed by atoms with Gasteiger partial charge in [0.1, 0.15) is 29.4 Å². The fourth-order valence-corrected chi connectivity index (χ4v) is 3.27. The number of carbonyl (C=O) groups excluding carboxylic acids is 1. The van der Waals surface area contributed by atoms with Crippen molar-refractivity contribution in [1.29, 1.82) is 0 Å². The highest BCUT2D eigenvalue weighted by molar-refractivity contribution is 6.31. The van der Waals surface area contributed by atoms with E-state index in [1.165, 1.54) is 0 Å². The number of rotatable bonds is 7. The van der Waals surface area contributed by atoms with Crippen LogP contribution in [0.3, 0.4) is 0 Å². The number of hydrogen-bond acceptors (Lipinski definition) is 5. The largest absolute Gasteiger partial charge is 0.489 e. The number of halogens is 1. The van der Waals surface area contributed by atoms with Crippen LogP contribution in [0.25, 0.3) is 11.3 Å². The molecule has 1 amide bonds. The molecule has 1 heterocycles. The Morgan fingerprint density at radius 2 is 1.78 bits per heavy atom. The molecule has 0 unspecified atom stereocenters. The predicted octanol–water partition coefficient (Wildman–Crippen LogP) is 5.65. The van der Waals surface area contributed by atoms with Crippen LogP contribution in [0, 0.1) is 6.92 Å². The average molecular weight is 446 g/mol. The minimum Gasteiger partial charge on any atom is -0.489 e. The zero-order chi connectivity index (χ0) is 22.3. The number of nitrogens with zero attached hydrogens (tertiary/aromatic N) is 2. The molecular weight excluding hydrogens is 426 g/mol. The summed E-state index contributed by atoms with van der Waals surface area (Å²) in [7, 11) is 0. The molecule has 1 aromatic heterocycles. The first-order chi connectivity index (χ1) is 15.6. The van der Waals surface area contributed by atoms with Gasteiger partial charge in [-0.05, 0) is 42.8 Å². The Labute approximate surface area is 190 Å². The number of amides is 1. The maximum Gasteiger partial charge on any atom is 0.277 e. The molecule has 32 heavy (non-hydrogen) atoms. The second-order valence-electron chi connectivity index (χ2n) is 6.98. The third-order valence-electron chi connectivity index (χ3n) is 4.75. The van der Waals surface area contributed by atoms with Crippen molar-refractivity contribution in [3.8, 4) is 17.0 Å². The van der Waals surface area contributed by atoms with Crippen molar-refractivity contribution in [1.82, 2.24) is 10.6 Å². The summed E-state index contributed by atoms with van der Waals surface area (Å²) in [5.74, 6) is 0.744. The van der Waals surface area contributed by atoms with E-state index < -0.39 is 5.91 Å². The van der Waals surface area contributed by atoms with Gasteiger partial charge in [0.2, 0.25) is 0 Å². The molecule has 160 valence electrons. The van der Waals surface area contributed by atoms with Crippen LogP contribution < -0.4 is 10.2 Å². The number of hydrogen-bond donors (Lipinski definition) is 1. The van der Waals surface area contributed by atoms with Crippen molar-refractivity contribution in [3.05, 3.63) is 106 Å². The minimum absolute atomic E-state index is 0.358. The van der Waals surface area contributed by atoms with Gasteiger partial charge >= 0.3 is 0 Å². The van der Waals surface area contributed by atoms with Crippen LogP contribution >= 0.6 is 11.6 Å². The van der Waals surface area contributed by atoms with Crippen LogP contribution in [0.15, 0.2) is 88.5 Å². The van der Waals surface area contributed by atoms with E-state index in [1.807, 2.05) is 78.9 Å². The Kier molecular flexibility index (Phi) is 6.63. The Morgan fingerprint density at radius 1 is 1.06 bits per heavy atom. The van der Waals surface area contributed by atoms with E-state index in [0.717, 1.165) is 16.7 Å². The number of aryl methyl sites for hydroxylation is 1. The van der Waals surface area contributed by atoms with Gasteiger partial charge in [-0.3, -0.25) is 4.79 Å². The molecule has 4 aromatic rings. The zero-order valence-corrected chi connectivity index (χ0v) is 18.0. The van der Waals surface area contributed by atoms with Crippen molar-refractivity contribution in [3.63, 3.8) is 0 Å². The fraction of sp³-hybridized carbons (Fsp3) is 0.0800. The van der Waals surface area contributed by atoms with E-state index in [1.54, 1.807) is 13.1 Å². The van der Waals surface area contributed by atoms with Crippen molar-refractivity contribution < 1.29 is 14.1 Å². The maximum atomic E-state index is 12.7. The van der Waals surface area contributed by atoms with Crippen LogP contribution in [0.4, 0.5) is 0 Å². The Hall–Kier alpha value is -3.90. The molecule has 0 atom stereocenters. The summed E-state index contributed by atoms with van der Waals surface area (Å²) in [6, 6.07) is 24.3. The smallest absolute Gasteiger partial charge is 0.277 e. The molecule has 0 aliphatic carbocycles. The van der Waals surface area contributed by atoms with Gasteiger partial charge in [-0.15, -0.1) is 0 Å². The summed E-state index contributed by atoms with van der Waals surface area (Å²) in [5, 5.41) is 8.75. The lowest BCUT2D eigenvalue weighted by molar-refractivity contribution is 0.0954. The lowest BCUT2D eigenvalue weighted by atomic mass is 10.1. The lowest BCUT2D eigenvalue weighted by Gasteiger charge is -2.07. The average Bonchev–Trinajstić information content (AvgIpc) is 3.21. The van der Waals surface area contributed by atoms with Crippen LogP contribution in [0.5, 0.6) is 5.75 Å². The number of carbonyl (C=O) groups is 1. The zero-order valence-electron chi connectivity index (χ0n) is 17.3. The van der Waals surface area contributed by atoms with E-state index in [4.69, 9.17) is 20.9 Å². The molecule has 0 saturated carbocycles. The normalized spacial score (nSPS) is 10.9. The number of aromatic nitrogens is 1. The predicted molar refractivity (Wildman–Crippen MR) is 124 cm³/mol. The lowest BCUT2D eigenvalue weighted by Crippen LogP contribution is -2.18. The van der Waals surface area contributed by atoms with E-state index in [-0.39, 0.29) is 0 Å². The Morgan fingerprint density at radius 3 is 2.53 bits per heavy atom. The Balaban J connectivity index is 1.37. The van der Waals surface area contributed by atoms with E-state index in [0.29, 0.717) is 34.4 Å². The molecule has 3 aromatic carbocycles. The first kappa shape index (κ1) is 21.3. The van der Waals surface area contributed by atoms with Crippen molar-refractivity contribution in [2.24, 2.45) is 5.10 Å². The van der Waals surface area contributed by atoms with Crippen LogP contribution in [0.1, 0.15) is 27.2 Å². The molecule has 0 radical (unpaired) electrons. The fourth-order valence-electron chi connectivity index (χ4n) is 3.08. The molecule has 0 fully saturated rings. The van der Waals surface area contributed by atoms with Crippen LogP contribution in [-0.4, -0.2) is 17.3 Å². The molecule has 0 bridgehead atoms. The van der Waals surface area contributed by atoms with Gasteiger partial charge in [-0.1, -0.05) is 65.3 Å². The SMILES string of the molecule is Cc1onc(-c2ccccc2)c1C(=O)N/N=C\c1ccc(OCc2ccccc2Cl)cc1. The van der Waals surface area contributed by atoms with Gasteiger partial charge in [-0.25, -0.2) is 5.43 Å². The summed E-state index contributed by atoms with van der Waals surface area (Å²) < 4.78 is 11.0. The quantitative estimate of drug-likeness (QED) is 0.294. The van der Waals surface area contributed by atoms with Crippen molar-refractivity contribution in [2.75, 3.05) is 0 Å². The monoisotopic (exact) mass is 445 g/mol. The number of nitrogens with one attached hydrogen (secondary N) is 1. The van der Waals surface area contributed by atoms with Gasteiger partial charge in [-0.2, -0.15) is 5.10 Å². The summed E-state index contributed by atoms with van der Waals surface area (Å²) in [6.07, 6.45) is 1.56. The highest BCUT2D eigenvalue weighted by Gasteiger charge is 2.21. The van der Waals surface area contributed by atoms with E-state index >= 15 is 0 Å². The second-order valence-corrected chi connectivity index (χ2v) is 7.38. The molecule has 4 rings (SSSR count). The molecule has 0 aliphatic heterocycles. The standard InChI is InChI=1S/C25H20ClN3O3/c1-17-23(24(29-32-17)19-7-3-2-4-8-19)25(30)28-27-15-18-11-13-21(14-12-18)31-16-20-9-5-6-10-22(20)26/h2-15H,16H2,1H3,(H,28,30)/b27-15-. The third kappa shape index (κ3) is 5.04. The van der Waals surface area contributed by atoms with Crippen molar-refractivity contribution >= 4 is 23.7 Å². The Bertz CT molecular complexity index is 1240. The second kappa shape index (κ2) is 9.94. The van der Waals surface area contributed by atoms with Gasteiger partial charge in [0.05, 0.1) is 6.21 Å². The first-order valence-electron chi connectivity index (χ1n) is 9.93. The minimum atomic E-state index is -0.390. The maximum absolute atomic E-state index is 12.7. The van der Waals surface area contributed by atoms with E-state index in [2.05, 4.69) is 15.7 Å². The topological polar surface area (TPSA) is 76.7 Å². The number of hydrazone groups is 1. The number of ether oxygens (including phenoxy) is 1. The molecular formula is C25H20ClN3O3. The van der Waals surface area contributed by atoms with Gasteiger partial charge in [0, 0.05) is 16.1 Å². The molecule has 6 nitrogen and oxygen atoms in total. The van der Waals surface area contributed by atoms with Crippen LogP contribution in [-0.2, 0) is 6.61 Å². The van der Waals surface area contributed by atoms with Crippen molar-refractivity contribution in [2.45, 2.75) is 13.5 Å². The molecule has 0 spiro atoms. The van der Waals surface area contributed by atoms with E-state index in [9.17, 15) is 4.79 Å². The molecule has 1 N–H and O–H groups in total. The summed E-state index contributed by atoms with van der Waals surface area (Å²) in [4.78, 5) is 12.7. The molecule has 7 heteroatoms. The molecule has 0 aliphatic rings. The summed E-state index contributed by atoms with van der Waals surface area (Å²) in [6.45, 7) is 2.07. The van der Waals surface area contributed by atoms with Gasteiger partial charge in [0.15, 0.2) is 0 Å². The summed E-state index contributed by atoms with van der Waals surface area (Å²) in [5.41, 5.74) is 5.90. The third-order valence-corrected chi connectivity index (χ3v) is 5.12. The summed E-state index contributed by atoms with van der Waals surface area (Å²) >= 11 is 6.15. The number of benzene rings is 3. The van der Waals surface area contributed by atoms with Crippen LogP contribution in [0.2, 0.25) is 5.02 Å². The first-order valence-corrected chi connectivity index (χ1v) is 10.3. The highest BCUT2D eigenvalue weighted by Crippen LogP contribution is 2.25.